The number of β-lactam (4-membered cyclic amide) rings is 1. The van der Waals surface area contributed by atoms with Crippen molar-refractivity contribution in [3.05, 3.63) is 17.5 Å². The first kappa shape index (κ1) is 15.0. The number of hydrogen-bond acceptors (Lipinski definition) is 2. The zero-order valence-corrected chi connectivity index (χ0v) is 15.2. The average Bonchev–Trinajstić information content (AvgIpc) is 2.87. The van der Waals surface area contributed by atoms with E-state index in [1.165, 1.54) is 0 Å². The minimum Gasteiger partial charge on any atom is -0.644 e. The Morgan fingerprint density at radius 3 is 2.38 bits per heavy atom. The maximum atomic E-state index is 11.0. The number of amides is 1. The molecule has 3 aliphatic rings. The van der Waals surface area contributed by atoms with E-state index in [0.717, 1.165) is 6.61 Å². The SMILES string of the molecule is C[C@@H]1[C@H](C)[C@@]2(C=CC13CC(=O)[N-]3)CO2.[W].[Y]. The van der Waals surface area contributed by atoms with Crippen molar-refractivity contribution in [1.82, 2.24) is 0 Å². The fourth-order valence-electron chi connectivity index (χ4n) is 2.71. The molecule has 3 nitrogen and oxygen atoms in total. The fraction of sp³-hybridized carbons (Fsp3) is 0.727. The predicted molar refractivity (Wildman–Crippen MR) is 51.9 cm³/mol. The molecule has 0 bridgehead atoms. The van der Waals surface area contributed by atoms with Crippen molar-refractivity contribution in [2.24, 2.45) is 11.8 Å². The van der Waals surface area contributed by atoms with Crippen molar-refractivity contribution >= 4 is 5.91 Å². The second-order valence-corrected chi connectivity index (χ2v) is 4.83. The Labute approximate surface area is 135 Å². The van der Waals surface area contributed by atoms with Gasteiger partial charge in [-0.1, -0.05) is 31.5 Å². The van der Waals surface area contributed by atoms with Crippen molar-refractivity contribution in [2.45, 2.75) is 31.4 Å². The molecule has 1 unspecified atom stereocenters. The molecule has 2 fully saturated rings. The molecule has 1 radical (unpaired) electrons. The summed E-state index contributed by atoms with van der Waals surface area (Å²) in [5.74, 6) is 0.915. The van der Waals surface area contributed by atoms with Crippen molar-refractivity contribution in [3.63, 3.8) is 0 Å². The monoisotopic (exact) mass is 465 g/mol. The van der Waals surface area contributed by atoms with Crippen LogP contribution in [0.25, 0.3) is 5.32 Å². The van der Waals surface area contributed by atoms with Gasteiger partial charge in [0.15, 0.2) is 0 Å². The predicted octanol–water partition coefficient (Wildman–Crippen LogP) is 1.64. The second kappa shape index (κ2) is 4.57. The molecule has 3 rings (SSSR count). The number of ether oxygens (including phenoxy) is 1. The van der Waals surface area contributed by atoms with Crippen LogP contribution < -0.4 is 0 Å². The zero-order chi connectivity index (χ0) is 9.97. The average molecular weight is 465 g/mol. The van der Waals surface area contributed by atoms with E-state index in [2.05, 4.69) is 31.3 Å². The Morgan fingerprint density at radius 2 is 1.94 bits per heavy atom. The van der Waals surface area contributed by atoms with Crippen molar-refractivity contribution in [3.8, 4) is 0 Å². The summed E-state index contributed by atoms with van der Waals surface area (Å²) < 4.78 is 5.49. The van der Waals surface area contributed by atoms with Gasteiger partial charge in [0.05, 0.1) is 12.5 Å². The molecule has 4 atom stereocenters. The minimum atomic E-state index is -0.187. The van der Waals surface area contributed by atoms with Gasteiger partial charge in [-0.15, -0.1) is 0 Å². The van der Waals surface area contributed by atoms with Gasteiger partial charge in [0.1, 0.15) is 5.60 Å². The molecule has 0 saturated carbocycles. The van der Waals surface area contributed by atoms with E-state index in [-0.39, 0.29) is 70.8 Å². The third-order valence-corrected chi connectivity index (χ3v) is 4.21. The number of carbonyl (C=O) groups excluding carboxylic acids is 1. The Balaban J connectivity index is 0.000000640. The van der Waals surface area contributed by atoms with Gasteiger partial charge < -0.3 is 14.8 Å². The van der Waals surface area contributed by atoms with Crippen LogP contribution >= 0.6 is 0 Å². The van der Waals surface area contributed by atoms with Gasteiger partial charge in [0, 0.05) is 53.8 Å². The van der Waals surface area contributed by atoms with Gasteiger partial charge in [-0.3, -0.25) is 0 Å². The Morgan fingerprint density at radius 1 is 1.38 bits per heavy atom. The molecule has 2 saturated heterocycles. The summed E-state index contributed by atoms with van der Waals surface area (Å²) in [6, 6.07) is 0. The normalized spacial score (nSPS) is 47.8. The molecule has 85 valence electrons. The van der Waals surface area contributed by atoms with Gasteiger partial charge >= 0.3 is 0 Å². The van der Waals surface area contributed by atoms with Crippen LogP contribution in [0.3, 0.4) is 0 Å². The first-order chi connectivity index (χ1) is 6.58. The summed E-state index contributed by atoms with van der Waals surface area (Å²) in [6.45, 7) is 5.20. The number of rotatable bonds is 0. The molecule has 0 aromatic carbocycles. The van der Waals surface area contributed by atoms with Gasteiger partial charge in [-0.2, -0.15) is 0 Å². The minimum absolute atomic E-state index is 0. The first-order valence-corrected chi connectivity index (χ1v) is 5.18. The molecule has 16 heavy (non-hydrogen) atoms. The largest absolute Gasteiger partial charge is 0.644 e. The second-order valence-electron chi connectivity index (χ2n) is 4.83. The van der Waals surface area contributed by atoms with Crippen LogP contribution in [0, 0.1) is 11.8 Å². The molecule has 1 amide bonds. The molecule has 0 aromatic heterocycles. The van der Waals surface area contributed by atoms with Gasteiger partial charge in [0.25, 0.3) is 0 Å². The molecule has 0 aromatic rings. The third-order valence-electron chi connectivity index (χ3n) is 4.21. The van der Waals surface area contributed by atoms with Crippen LogP contribution in [0.2, 0.25) is 0 Å². The Hall–Kier alpha value is 0.962. The fourth-order valence-corrected chi connectivity index (χ4v) is 2.71. The van der Waals surface area contributed by atoms with E-state index in [0.29, 0.717) is 18.3 Å². The maximum Gasteiger partial charge on any atom is 0.112 e. The standard InChI is InChI=1S/C11H15NO2.W.Y/c1-7-8(2)11(6-14-11)4-3-10(7)5-9(13)12-10;;/h3-4,7-8H,5-6H2,1-2H3,(H,12,13);;/p-1/t7-,8+,10?,11-;;/m1../s1. The molecule has 5 heteroatoms. The number of hydrogen-bond donors (Lipinski definition) is 0. The van der Waals surface area contributed by atoms with Crippen LogP contribution in [-0.2, 0) is 63.3 Å². The van der Waals surface area contributed by atoms with E-state index in [1.807, 2.05) is 0 Å². The van der Waals surface area contributed by atoms with E-state index < -0.39 is 0 Å². The molecule has 2 spiro atoms. The van der Waals surface area contributed by atoms with Gasteiger partial charge in [0.2, 0.25) is 0 Å². The van der Waals surface area contributed by atoms with E-state index in [9.17, 15) is 4.79 Å². The zero-order valence-electron chi connectivity index (χ0n) is 9.47. The molecule has 2 heterocycles. The van der Waals surface area contributed by atoms with Crippen LogP contribution in [0.4, 0.5) is 0 Å². The summed E-state index contributed by atoms with van der Waals surface area (Å²) in [6.07, 6.45) is 4.80. The summed E-state index contributed by atoms with van der Waals surface area (Å²) in [5.41, 5.74) is -0.202. The van der Waals surface area contributed by atoms with Crippen molar-refractivity contribution in [1.29, 1.82) is 0 Å². The van der Waals surface area contributed by atoms with E-state index in [1.54, 1.807) is 0 Å². The van der Waals surface area contributed by atoms with Crippen LogP contribution in [0.15, 0.2) is 12.2 Å². The van der Waals surface area contributed by atoms with E-state index in [4.69, 9.17) is 4.74 Å². The first-order valence-electron chi connectivity index (χ1n) is 5.18. The maximum absolute atomic E-state index is 11.0. The number of carbonyl (C=O) groups is 1. The van der Waals surface area contributed by atoms with Crippen LogP contribution in [0.5, 0.6) is 0 Å². The summed E-state index contributed by atoms with van der Waals surface area (Å²) in [7, 11) is 0. The smallest absolute Gasteiger partial charge is 0.112 e. The van der Waals surface area contributed by atoms with Gasteiger partial charge in [-0.05, 0) is 18.3 Å². The third kappa shape index (κ3) is 1.92. The number of nitrogens with zero attached hydrogens (tertiary/aromatic N) is 1. The van der Waals surface area contributed by atoms with Gasteiger partial charge in [-0.25, -0.2) is 0 Å². The van der Waals surface area contributed by atoms with Crippen molar-refractivity contribution in [2.75, 3.05) is 6.61 Å². The van der Waals surface area contributed by atoms with Crippen LogP contribution in [0.1, 0.15) is 20.3 Å². The Bertz CT molecular complexity index is 333. The van der Waals surface area contributed by atoms with E-state index >= 15 is 0 Å². The van der Waals surface area contributed by atoms with Crippen LogP contribution in [-0.4, -0.2) is 23.7 Å². The summed E-state index contributed by atoms with van der Waals surface area (Å²) in [5, 5.41) is 4.16. The summed E-state index contributed by atoms with van der Waals surface area (Å²) >= 11 is 0. The molecule has 2 aliphatic heterocycles. The quantitative estimate of drug-likeness (QED) is 0.311. The topological polar surface area (TPSA) is 43.7 Å². The van der Waals surface area contributed by atoms with Crippen molar-refractivity contribution < 1.29 is 63.3 Å². The molecule has 0 N–H and O–H groups in total. The molecule has 1 aliphatic carbocycles. The number of epoxide rings is 1. The summed E-state index contributed by atoms with van der Waals surface area (Å²) in [4.78, 5) is 11.0. The Kier molecular flexibility index (Phi) is 4.29. The molecular formula is C11H14NO2WY-. The molecular weight excluding hydrogens is 451 g/mol.